The summed E-state index contributed by atoms with van der Waals surface area (Å²) in [6.07, 6.45) is -0.449. The number of nitrogens with one attached hydrogen (secondary N) is 1. The standard InChI is InChI=1S/C9H11BrFNO/c1-6(13)5-12-9-4-7(11)2-3-8(9)10/h2-4,6,12-13H,5H2,1H3/t6-/m1/s1. The van der Waals surface area contributed by atoms with Crippen LogP contribution in [-0.2, 0) is 0 Å². The maximum atomic E-state index is 12.7. The van der Waals surface area contributed by atoms with Crippen LogP contribution in [0.5, 0.6) is 0 Å². The van der Waals surface area contributed by atoms with Gasteiger partial charge in [0.25, 0.3) is 0 Å². The number of hydrogen-bond donors (Lipinski definition) is 2. The van der Waals surface area contributed by atoms with Crippen molar-refractivity contribution in [2.24, 2.45) is 0 Å². The summed E-state index contributed by atoms with van der Waals surface area (Å²) < 4.78 is 13.5. The van der Waals surface area contributed by atoms with E-state index in [4.69, 9.17) is 5.11 Å². The molecule has 0 heterocycles. The quantitative estimate of drug-likeness (QED) is 0.860. The number of aliphatic hydroxyl groups excluding tert-OH is 1. The Kier molecular flexibility index (Phi) is 3.69. The normalized spacial score (nSPS) is 12.6. The summed E-state index contributed by atoms with van der Waals surface area (Å²) in [5.74, 6) is -0.295. The van der Waals surface area contributed by atoms with Crippen molar-refractivity contribution in [1.82, 2.24) is 0 Å². The Labute approximate surface area is 84.9 Å². The maximum absolute atomic E-state index is 12.7. The van der Waals surface area contributed by atoms with Gasteiger partial charge in [0.1, 0.15) is 5.82 Å². The molecule has 1 rings (SSSR count). The first-order chi connectivity index (χ1) is 6.09. The molecule has 1 aromatic carbocycles. The Bertz CT molecular complexity index is 291. The third kappa shape index (κ3) is 3.32. The van der Waals surface area contributed by atoms with Crippen LogP contribution in [0.1, 0.15) is 6.92 Å². The molecule has 0 aliphatic carbocycles. The van der Waals surface area contributed by atoms with Gasteiger partial charge in [-0.05, 0) is 41.1 Å². The summed E-state index contributed by atoms with van der Waals surface area (Å²) in [6, 6.07) is 4.38. The van der Waals surface area contributed by atoms with Crippen LogP contribution in [0, 0.1) is 5.82 Å². The molecule has 0 aliphatic heterocycles. The van der Waals surface area contributed by atoms with Gasteiger partial charge in [-0.1, -0.05) is 0 Å². The van der Waals surface area contributed by atoms with Crippen molar-refractivity contribution in [3.63, 3.8) is 0 Å². The highest BCUT2D eigenvalue weighted by Gasteiger charge is 2.02. The molecule has 0 aromatic heterocycles. The Morgan fingerprint density at radius 3 is 2.92 bits per heavy atom. The minimum Gasteiger partial charge on any atom is -0.392 e. The smallest absolute Gasteiger partial charge is 0.125 e. The Morgan fingerprint density at radius 2 is 2.31 bits per heavy atom. The van der Waals surface area contributed by atoms with Gasteiger partial charge in [-0.15, -0.1) is 0 Å². The van der Waals surface area contributed by atoms with E-state index in [1.165, 1.54) is 12.1 Å². The van der Waals surface area contributed by atoms with Crippen LogP contribution in [0.2, 0.25) is 0 Å². The molecular weight excluding hydrogens is 237 g/mol. The second-order valence-electron chi connectivity index (χ2n) is 2.85. The van der Waals surface area contributed by atoms with Gasteiger partial charge in [0, 0.05) is 11.0 Å². The highest BCUT2D eigenvalue weighted by atomic mass is 79.9. The van der Waals surface area contributed by atoms with E-state index >= 15 is 0 Å². The van der Waals surface area contributed by atoms with Crippen LogP contribution in [0.25, 0.3) is 0 Å². The van der Waals surface area contributed by atoms with Crippen molar-refractivity contribution in [2.75, 3.05) is 11.9 Å². The molecule has 0 amide bonds. The third-order valence-electron chi connectivity index (χ3n) is 1.52. The number of benzene rings is 1. The summed E-state index contributed by atoms with van der Waals surface area (Å²) in [5.41, 5.74) is 0.654. The van der Waals surface area contributed by atoms with Crippen molar-refractivity contribution in [3.05, 3.63) is 28.5 Å². The molecule has 2 N–H and O–H groups in total. The average molecular weight is 248 g/mol. The van der Waals surface area contributed by atoms with E-state index in [1.807, 2.05) is 0 Å². The predicted molar refractivity (Wildman–Crippen MR) is 54.3 cm³/mol. The van der Waals surface area contributed by atoms with Crippen LogP contribution in [0.3, 0.4) is 0 Å². The lowest BCUT2D eigenvalue weighted by molar-refractivity contribution is 0.208. The van der Waals surface area contributed by atoms with E-state index in [-0.39, 0.29) is 5.82 Å². The van der Waals surface area contributed by atoms with Gasteiger partial charge in [-0.25, -0.2) is 4.39 Å². The zero-order valence-electron chi connectivity index (χ0n) is 7.22. The number of rotatable bonds is 3. The lowest BCUT2D eigenvalue weighted by atomic mass is 10.3. The van der Waals surface area contributed by atoms with Crippen LogP contribution in [-0.4, -0.2) is 17.8 Å². The van der Waals surface area contributed by atoms with Gasteiger partial charge in [0.15, 0.2) is 0 Å². The van der Waals surface area contributed by atoms with E-state index in [9.17, 15) is 4.39 Å². The first-order valence-electron chi connectivity index (χ1n) is 3.96. The Hall–Kier alpha value is -0.610. The first-order valence-corrected chi connectivity index (χ1v) is 4.76. The van der Waals surface area contributed by atoms with Crippen LogP contribution < -0.4 is 5.32 Å². The van der Waals surface area contributed by atoms with Crippen LogP contribution in [0.15, 0.2) is 22.7 Å². The molecule has 0 aliphatic rings. The van der Waals surface area contributed by atoms with Gasteiger partial charge < -0.3 is 10.4 Å². The molecule has 2 nitrogen and oxygen atoms in total. The minimum absolute atomic E-state index is 0.295. The van der Waals surface area contributed by atoms with Gasteiger partial charge in [0.05, 0.1) is 11.8 Å². The van der Waals surface area contributed by atoms with Crippen molar-refractivity contribution < 1.29 is 9.50 Å². The first kappa shape index (κ1) is 10.5. The van der Waals surface area contributed by atoms with E-state index in [2.05, 4.69) is 21.2 Å². The minimum atomic E-state index is -0.449. The van der Waals surface area contributed by atoms with Crippen molar-refractivity contribution in [1.29, 1.82) is 0 Å². The Morgan fingerprint density at radius 1 is 1.62 bits per heavy atom. The second kappa shape index (κ2) is 4.58. The second-order valence-corrected chi connectivity index (χ2v) is 3.71. The molecule has 0 saturated heterocycles. The monoisotopic (exact) mass is 247 g/mol. The fourth-order valence-corrected chi connectivity index (χ4v) is 1.28. The van der Waals surface area contributed by atoms with Crippen molar-refractivity contribution in [3.8, 4) is 0 Å². The summed E-state index contributed by atoms with van der Waals surface area (Å²) in [4.78, 5) is 0. The lowest BCUT2D eigenvalue weighted by Crippen LogP contribution is -2.15. The molecule has 0 bridgehead atoms. The zero-order valence-corrected chi connectivity index (χ0v) is 8.81. The largest absolute Gasteiger partial charge is 0.392 e. The molecular formula is C9H11BrFNO. The fraction of sp³-hybridized carbons (Fsp3) is 0.333. The van der Waals surface area contributed by atoms with E-state index in [1.54, 1.807) is 13.0 Å². The van der Waals surface area contributed by atoms with Gasteiger partial charge in [-0.3, -0.25) is 0 Å². The van der Waals surface area contributed by atoms with Crippen molar-refractivity contribution in [2.45, 2.75) is 13.0 Å². The summed E-state index contributed by atoms with van der Waals surface area (Å²) in [5, 5.41) is 11.9. The number of hydrogen-bond acceptors (Lipinski definition) is 2. The lowest BCUT2D eigenvalue weighted by Gasteiger charge is -2.09. The van der Waals surface area contributed by atoms with E-state index in [0.29, 0.717) is 12.2 Å². The highest BCUT2D eigenvalue weighted by Crippen LogP contribution is 2.22. The molecule has 0 spiro atoms. The molecule has 0 unspecified atom stereocenters. The SMILES string of the molecule is C[C@@H](O)CNc1cc(F)ccc1Br. The van der Waals surface area contributed by atoms with Gasteiger partial charge >= 0.3 is 0 Å². The predicted octanol–water partition coefficient (Wildman–Crippen LogP) is 2.38. The molecule has 72 valence electrons. The van der Waals surface area contributed by atoms with Crippen LogP contribution >= 0.6 is 15.9 Å². The molecule has 13 heavy (non-hydrogen) atoms. The van der Waals surface area contributed by atoms with E-state index in [0.717, 1.165) is 4.47 Å². The van der Waals surface area contributed by atoms with Crippen LogP contribution in [0.4, 0.5) is 10.1 Å². The summed E-state index contributed by atoms with van der Waals surface area (Å²) in [6.45, 7) is 2.07. The number of halogens is 2. The Balaban J connectivity index is 2.70. The summed E-state index contributed by atoms with van der Waals surface area (Å²) >= 11 is 3.27. The van der Waals surface area contributed by atoms with Gasteiger partial charge in [0.2, 0.25) is 0 Å². The number of aliphatic hydroxyl groups is 1. The average Bonchev–Trinajstić information content (AvgIpc) is 2.06. The molecule has 0 saturated carbocycles. The molecule has 1 atom stereocenters. The molecule has 1 aromatic rings. The highest BCUT2D eigenvalue weighted by molar-refractivity contribution is 9.10. The topological polar surface area (TPSA) is 32.3 Å². The van der Waals surface area contributed by atoms with E-state index < -0.39 is 6.10 Å². The maximum Gasteiger partial charge on any atom is 0.125 e. The summed E-state index contributed by atoms with van der Waals surface area (Å²) in [7, 11) is 0. The van der Waals surface area contributed by atoms with Crippen molar-refractivity contribution >= 4 is 21.6 Å². The molecule has 0 radical (unpaired) electrons. The molecule has 4 heteroatoms. The number of anilines is 1. The third-order valence-corrected chi connectivity index (χ3v) is 2.21. The zero-order chi connectivity index (χ0) is 9.84. The molecule has 0 fully saturated rings. The fourth-order valence-electron chi connectivity index (χ4n) is 0.891. The van der Waals surface area contributed by atoms with Gasteiger partial charge in [-0.2, -0.15) is 0 Å².